The number of aliphatic imine (C=N–C) groups is 1. The Morgan fingerprint density at radius 1 is 1.26 bits per heavy atom. The van der Waals surface area contributed by atoms with Crippen molar-refractivity contribution in [1.29, 1.82) is 0 Å². The summed E-state index contributed by atoms with van der Waals surface area (Å²) in [6.07, 6.45) is 4.65. The molecular formula is C21H35N5O. The molecule has 1 saturated heterocycles. The number of amides is 1. The van der Waals surface area contributed by atoms with Crippen molar-refractivity contribution in [2.45, 2.75) is 39.5 Å². The predicted octanol–water partition coefficient (Wildman–Crippen LogP) is 2.47. The second-order valence-electron chi connectivity index (χ2n) is 7.33. The standard InChI is InChI=1S/C21H35N5O/c1-4-18-7-5-8-19(15-18)25-20(27)16-24-21(22-3)23-11-6-12-26-13-9-17(2)10-14-26/h5,7-8,15,17H,4,6,9-14,16H2,1-3H3,(H,25,27)(H2,22,23,24). The van der Waals surface area contributed by atoms with E-state index in [1.165, 1.54) is 31.5 Å². The molecule has 1 fully saturated rings. The maximum absolute atomic E-state index is 12.1. The number of nitrogens with zero attached hydrogens (tertiary/aromatic N) is 2. The summed E-state index contributed by atoms with van der Waals surface area (Å²) in [5.41, 5.74) is 2.04. The summed E-state index contributed by atoms with van der Waals surface area (Å²) in [6, 6.07) is 7.94. The van der Waals surface area contributed by atoms with Gasteiger partial charge in [0, 0.05) is 19.3 Å². The molecule has 2 rings (SSSR count). The van der Waals surface area contributed by atoms with E-state index in [4.69, 9.17) is 0 Å². The van der Waals surface area contributed by atoms with E-state index >= 15 is 0 Å². The van der Waals surface area contributed by atoms with Gasteiger partial charge in [0.1, 0.15) is 0 Å². The number of hydrogen-bond acceptors (Lipinski definition) is 3. The fourth-order valence-corrected chi connectivity index (χ4v) is 3.25. The number of piperidine rings is 1. The molecule has 0 radical (unpaired) electrons. The lowest BCUT2D eigenvalue weighted by Crippen LogP contribution is -2.42. The molecule has 0 bridgehead atoms. The van der Waals surface area contributed by atoms with Gasteiger partial charge in [0.05, 0.1) is 6.54 Å². The fourth-order valence-electron chi connectivity index (χ4n) is 3.25. The Bertz CT molecular complexity index is 608. The van der Waals surface area contributed by atoms with Crippen molar-refractivity contribution in [3.8, 4) is 0 Å². The molecule has 1 aliphatic heterocycles. The molecule has 0 atom stereocenters. The number of rotatable bonds is 8. The van der Waals surface area contributed by atoms with Gasteiger partial charge in [0.25, 0.3) is 0 Å². The number of guanidine groups is 1. The maximum atomic E-state index is 12.1. The summed E-state index contributed by atoms with van der Waals surface area (Å²) in [7, 11) is 1.73. The van der Waals surface area contributed by atoms with Gasteiger partial charge in [-0.15, -0.1) is 0 Å². The van der Waals surface area contributed by atoms with Crippen molar-refractivity contribution in [3.63, 3.8) is 0 Å². The average molecular weight is 374 g/mol. The topological polar surface area (TPSA) is 68.8 Å². The molecule has 1 aromatic carbocycles. The van der Waals surface area contributed by atoms with Crippen LogP contribution in [0.3, 0.4) is 0 Å². The number of nitrogens with one attached hydrogen (secondary N) is 3. The molecule has 3 N–H and O–H groups in total. The van der Waals surface area contributed by atoms with Crippen molar-refractivity contribution in [2.24, 2.45) is 10.9 Å². The highest BCUT2D eigenvalue weighted by atomic mass is 16.1. The van der Waals surface area contributed by atoms with Gasteiger partial charge in [-0.1, -0.05) is 26.0 Å². The van der Waals surface area contributed by atoms with E-state index < -0.39 is 0 Å². The van der Waals surface area contributed by atoms with Crippen molar-refractivity contribution >= 4 is 17.6 Å². The first-order valence-corrected chi connectivity index (χ1v) is 10.2. The van der Waals surface area contributed by atoms with E-state index in [-0.39, 0.29) is 12.5 Å². The molecule has 27 heavy (non-hydrogen) atoms. The number of carbonyl (C=O) groups excluding carboxylic acids is 1. The number of hydrogen-bond donors (Lipinski definition) is 3. The summed E-state index contributed by atoms with van der Waals surface area (Å²) in [6.45, 7) is 9.03. The minimum atomic E-state index is -0.0753. The van der Waals surface area contributed by atoms with E-state index in [1.54, 1.807) is 7.05 Å². The zero-order valence-electron chi connectivity index (χ0n) is 17.1. The third-order valence-corrected chi connectivity index (χ3v) is 5.08. The molecule has 0 saturated carbocycles. The maximum Gasteiger partial charge on any atom is 0.243 e. The first-order chi connectivity index (χ1) is 13.1. The third-order valence-electron chi connectivity index (χ3n) is 5.08. The molecule has 6 nitrogen and oxygen atoms in total. The molecule has 1 amide bonds. The normalized spacial score (nSPS) is 16.2. The largest absolute Gasteiger partial charge is 0.356 e. The highest BCUT2D eigenvalue weighted by molar-refractivity contribution is 5.95. The van der Waals surface area contributed by atoms with Gasteiger partial charge in [0.2, 0.25) is 5.91 Å². The van der Waals surface area contributed by atoms with E-state index in [0.29, 0.717) is 5.96 Å². The van der Waals surface area contributed by atoms with Gasteiger partial charge in [-0.2, -0.15) is 0 Å². The molecule has 0 unspecified atom stereocenters. The van der Waals surface area contributed by atoms with E-state index in [9.17, 15) is 4.79 Å². The van der Waals surface area contributed by atoms with E-state index in [1.807, 2.05) is 18.2 Å². The van der Waals surface area contributed by atoms with Crippen LogP contribution in [0.5, 0.6) is 0 Å². The van der Waals surface area contributed by atoms with Crippen LogP contribution in [0.2, 0.25) is 0 Å². The summed E-state index contributed by atoms with van der Waals surface area (Å²) < 4.78 is 0. The number of benzene rings is 1. The van der Waals surface area contributed by atoms with Crippen molar-refractivity contribution in [1.82, 2.24) is 15.5 Å². The first kappa shape index (κ1) is 21.2. The number of carbonyl (C=O) groups is 1. The molecule has 150 valence electrons. The van der Waals surface area contributed by atoms with E-state index in [0.717, 1.165) is 37.5 Å². The van der Waals surface area contributed by atoms with Crippen LogP contribution in [-0.4, -0.2) is 56.5 Å². The lowest BCUT2D eigenvalue weighted by Gasteiger charge is -2.30. The SMILES string of the molecule is CCc1cccc(NC(=O)CNC(=NC)NCCCN2CCC(C)CC2)c1. The molecule has 0 aliphatic carbocycles. The third kappa shape index (κ3) is 7.99. The Morgan fingerprint density at radius 2 is 2.04 bits per heavy atom. The fraction of sp³-hybridized carbons (Fsp3) is 0.619. The molecule has 0 aromatic heterocycles. The highest BCUT2D eigenvalue weighted by Crippen LogP contribution is 2.15. The van der Waals surface area contributed by atoms with Crippen molar-refractivity contribution in [3.05, 3.63) is 29.8 Å². The molecular weight excluding hydrogens is 338 g/mol. The Kier molecular flexibility index (Phi) is 9.11. The Hall–Kier alpha value is -2.08. The van der Waals surface area contributed by atoms with Crippen LogP contribution in [0.1, 0.15) is 38.7 Å². The second-order valence-corrected chi connectivity index (χ2v) is 7.33. The lowest BCUT2D eigenvalue weighted by atomic mass is 9.99. The Labute approximate surface area is 163 Å². The summed E-state index contributed by atoms with van der Waals surface area (Å²) in [4.78, 5) is 18.9. The number of likely N-dealkylation sites (tertiary alicyclic amines) is 1. The monoisotopic (exact) mass is 373 g/mol. The summed E-state index contributed by atoms with van der Waals surface area (Å²) >= 11 is 0. The summed E-state index contributed by atoms with van der Waals surface area (Å²) in [5.74, 6) is 1.46. The molecule has 6 heteroatoms. The highest BCUT2D eigenvalue weighted by Gasteiger charge is 2.14. The van der Waals surface area contributed by atoms with Crippen LogP contribution in [-0.2, 0) is 11.2 Å². The van der Waals surface area contributed by atoms with Gasteiger partial charge in [-0.05, 0) is 68.9 Å². The first-order valence-electron chi connectivity index (χ1n) is 10.2. The number of aryl methyl sites for hydroxylation is 1. The lowest BCUT2D eigenvalue weighted by molar-refractivity contribution is -0.115. The minimum Gasteiger partial charge on any atom is -0.356 e. The van der Waals surface area contributed by atoms with Crippen LogP contribution < -0.4 is 16.0 Å². The van der Waals surface area contributed by atoms with Crippen LogP contribution in [0, 0.1) is 5.92 Å². The second kappa shape index (κ2) is 11.6. The number of anilines is 1. The van der Waals surface area contributed by atoms with E-state index in [2.05, 4.69) is 45.8 Å². The Morgan fingerprint density at radius 3 is 2.74 bits per heavy atom. The zero-order chi connectivity index (χ0) is 19.5. The Balaban J connectivity index is 1.62. The quantitative estimate of drug-likeness (QED) is 0.372. The van der Waals surface area contributed by atoms with Crippen molar-refractivity contribution < 1.29 is 4.79 Å². The minimum absolute atomic E-state index is 0.0753. The van der Waals surface area contributed by atoms with Gasteiger partial charge >= 0.3 is 0 Å². The molecule has 0 spiro atoms. The van der Waals surface area contributed by atoms with Gasteiger partial charge in [-0.3, -0.25) is 9.79 Å². The molecule has 1 aromatic rings. The van der Waals surface area contributed by atoms with Crippen LogP contribution in [0.15, 0.2) is 29.3 Å². The molecule has 1 heterocycles. The van der Waals surface area contributed by atoms with Gasteiger partial charge < -0.3 is 20.9 Å². The predicted molar refractivity (Wildman–Crippen MR) is 113 cm³/mol. The smallest absolute Gasteiger partial charge is 0.243 e. The molecule has 1 aliphatic rings. The van der Waals surface area contributed by atoms with Crippen LogP contribution in [0.4, 0.5) is 5.69 Å². The van der Waals surface area contributed by atoms with Gasteiger partial charge in [-0.25, -0.2) is 0 Å². The zero-order valence-corrected chi connectivity index (χ0v) is 17.1. The van der Waals surface area contributed by atoms with Gasteiger partial charge in [0.15, 0.2) is 5.96 Å². The average Bonchev–Trinajstić information content (AvgIpc) is 2.69. The van der Waals surface area contributed by atoms with Crippen LogP contribution in [0.25, 0.3) is 0 Å². The summed E-state index contributed by atoms with van der Waals surface area (Å²) in [5, 5.41) is 9.28. The van der Waals surface area contributed by atoms with Crippen LogP contribution >= 0.6 is 0 Å². The van der Waals surface area contributed by atoms with Crippen molar-refractivity contribution in [2.75, 3.05) is 45.1 Å².